The number of hydrogen-bond donors (Lipinski definition) is 1. The summed E-state index contributed by atoms with van der Waals surface area (Å²) >= 11 is 0. The van der Waals surface area contributed by atoms with Gasteiger partial charge >= 0.3 is 6.18 Å². The summed E-state index contributed by atoms with van der Waals surface area (Å²) in [7, 11) is 0. The van der Waals surface area contributed by atoms with Gasteiger partial charge in [-0.05, 0) is 18.1 Å². The lowest BCUT2D eigenvalue weighted by Crippen LogP contribution is -2.48. The van der Waals surface area contributed by atoms with Crippen LogP contribution in [-0.4, -0.2) is 54.7 Å². The molecule has 2 heterocycles. The standard InChI is InChI=1S/C16H22F3N3O2/c1-11(2)9-22-6-7-24-12(10-22)8-21-15(23)13-4-3-5-20-14(13)16(17,18)19/h3-5,11-12H,6-10H2,1-2H3,(H,21,23)/t12-/m1/s1. The van der Waals surface area contributed by atoms with Crippen LogP contribution in [0.3, 0.4) is 0 Å². The van der Waals surface area contributed by atoms with Crippen molar-refractivity contribution in [3.8, 4) is 0 Å². The molecule has 2 rings (SSSR count). The first-order valence-electron chi connectivity index (χ1n) is 7.91. The number of carbonyl (C=O) groups is 1. The topological polar surface area (TPSA) is 54.5 Å². The first-order valence-corrected chi connectivity index (χ1v) is 7.91. The van der Waals surface area contributed by atoms with Crippen LogP contribution in [0.25, 0.3) is 0 Å². The summed E-state index contributed by atoms with van der Waals surface area (Å²) < 4.78 is 44.3. The Morgan fingerprint density at radius 2 is 2.25 bits per heavy atom. The second-order valence-electron chi connectivity index (χ2n) is 6.25. The predicted octanol–water partition coefficient (Wildman–Crippen LogP) is 2.19. The number of aromatic nitrogens is 1. The molecule has 1 atom stereocenters. The van der Waals surface area contributed by atoms with Gasteiger partial charge in [0, 0.05) is 32.4 Å². The van der Waals surface area contributed by atoms with Gasteiger partial charge in [-0.15, -0.1) is 0 Å². The van der Waals surface area contributed by atoms with Crippen LogP contribution >= 0.6 is 0 Å². The monoisotopic (exact) mass is 345 g/mol. The lowest BCUT2D eigenvalue weighted by Gasteiger charge is -2.34. The lowest BCUT2D eigenvalue weighted by atomic mass is 10.1. The Bertz CT molecular complexity index is 564. The molecule has 1 aliphatic rings. The number of ether oxygens (including phenoxy) is 1. The molecule has 0 saturated carbocycles. The van der Waals surface area contributed by atoms with E-state index in [2.05, 4.69) is 29.0 Å². The van der Waals surface area contributed by atoms with E-state index < -0.39 is 23.3 Å². The van der Waals surface area contributed by atoms with Gasteiger partial charge in [-0.2, -0.15) is 13.2 Å². The lowest BCUT2D eigenvalue weighted by molar-refractivity contribution is -0.141. The molecule has 1 aliphatic heterocycles. The highest BCUT2D eigenvalue weighted by atomic mass is 19.4. The second kappa shape index (κ2) is 7.94. The number of alkyl halides is 3. The van der Waals surface area contributed by atoms with Gasteiger partial charge in [0.05, 0.1) is 18.3 Å². The molecule has 24 heavy (non-hydrogen) atoms. The molecule has 0 unspecified atom stereocenters. The average Bonchev–Trinajstić information content (AvgIpc) is 2.51. The Hall–Kier alpha value is -1.67. The highest BCUT2D eigenvalue weighted by molar-refractivity contribution is 5.95. The number of morpholine rings is 1. The fourth-order valence-electron chi connectivity index (χ4n) is 2.70. The van der Waals surface area contributed by atoms with Crippen molar-refractivity contribution in [3.63, 3.8) is 0 Å². The molecular weight excluding hydrogens is 323 g/mol. The minimum Gasteiger partial charge on any atom is -0.374 e. The zero-order chi connectivity index (χ0) is 17.7. The summed E-state index contributed by atoms with van der Waals surface area (Å²) in [4.78, 5) is 17.6. The maximum Gasteiger partial charge on any atom is 0.434 e. The van der Waals surface area contributed by atoms with E-state index in [0.29, 0.717) is 19.1 Å². The third-order valence-electron chi connectivity index (χ3n) is 3.66. The van der Waals surface area contributed by atoms with Crippen LogP contribution in [0, 0.1) is 5.92 Å². The Balaban J connectivity index is 1.94. The van der Waals surface area contributed by atoms with Crippen molar-refractivity contribution >= 4 is 5.91 Å². The Morgan fingerprint density at radius 1 is 1.50 bits per heavy atom. The number of carbonyl (C=O) groups excluding carboxylic acids is 1. The third-order valence-corrected chi connectivity index (χ3v) is 3.66. The van der Waals surface area contributed by atoms with Crippen LogP contribution in [0.5, 0.6) is 0 Å². The van der Waals surface area contributed by atoms with Crippen LogP contribution in [0.2, 0.25) is 0 Å². The summed E-state index contributed by atoms with van der Waals surface area (Å²) in [6.45, 7) is 7.35. The van der Waals surface area contributed by atoms with E-state index in [-0.39, 0.29) is 12.6 Å². The summed E-state index contributed by atoms with van der Waals surface area (Å²) in [6, 6.07) is 2.43. The van der Waals surface area contributed by atoms with Crippen LogP contribution in [0.4, 0.5) is 13.2 Å². The van der Waals surface area contributed by atoms with Crippen molar-refractivity contribution in [2.24, 2.45) is 5.92 Å². The molecule has 1 aromatic heterocycles. The molecule has 1 saturated heterocycles. The quantitative estimate of drug-likeness (QED) is 0.889. The molecule has 8 heteroatoms. The SMILES string of the molecule is CC(C)CN1CCO[C@H](CNC(=O)c2cccnc2C(F)(F)F)C1. The van der Waals surface area contributed by atoms with Gasteiger partial charge in [-0.25, -0.2) is 0 Å². The van der Waals surface area contributed by atoms with Gasteiger partial charge in [0.2, 0.25) is 0 Å². The molecule has 1 N–H and O–H groups in total. The number of rotatable bonds is 5. The van der Waals surface area contributed by atoms with Gasteiger partial charge in [0.1, 0.15) is 0 Å². The molecule has 1 aromatic rings. The molecule has 134 valence electrons. The van der Waals surface area contributed by atoms with Gasteiger partial charge in [0.15, 0.2) is 5.69 Å². The molecule has 0 aromatic carbocycles. The first kappa shape index (κ1) is 18.7. The van der Waals surface area contributed by atoms with Crippen LogP contribution in [0.15, 0.2) is 18.3 Å². The van der Waals surface area contributed by atoms with E-state index in [1.165, 1.54) is 6.07 Å². The number of pyridine rings is 1. The van der Waals surface area contributed by atoms with E-state index >= 15 is 0 Å². The Labute approximate surface area is 139 Å². The van der Waals surface area contributed by atoms with Crippen LogP contribution in [0.1, 0.15) is 29.9 Å². The highest BCUT2D eigenvalue weighted by Crippen LogP contribution is 2.29. The van der Waals surface area contributed by atoms with E-state index in [9.17, 15) is 18.0 Å². The average molecular weight is 345 g/mol. The van der Waals surface area contributed by atoms with Gasteiger partial charge < -0.3 is 10.1 Å². The molecule has 0 spiro atoms. The van der Waals surface area contributed by atoms with Gasteiger partial charge in [0.25, 0.3) is 5.91 Å². The summed E-state index contributed by atoms with van der Waals surface area (Å²) in [6.07, 6.45) is -3.87. The van der Waals surface area contributed by atoms with E-state index in [0.717, 1.165) is 25.4 Å². The zero-order valence-electron chi connectivity index (χ0n) is 13.8. The normalized spacial score (nSPS) is 19.5. The summed E-state index contributed by atoms with van der Waals surface area (Å²) in [5.41, 5.74) is -1.65. The first-order chi connectivity index (χ1) is 11.3. The van der Waals surface area contributed by atoms with Gasteiger partial charge in [-0.3, -0.25) is 14.7 Å². The van der Waals surface area contributed by atoms with Crippen molar-refractivity contribution in [2.75, 3.05) is 32.8 Å². The summed E-state index contributed by atoms with van der Waals surface area (Å²) in [5, 5.41) is 2.52. The van der Waals surface area contributed by atoms with Gasteiger partial charge in [-0.1, -0.05) is 13.8 Å². The molecule has 0 radical (unpaired) electrons. The number of nitrogens with zero attached hydrogens (tertiary/aromatic N) is 2. The predicted molar refractivity (Wildman–Crippen MR) is 82.6 cm³/mol. The second-order valence-corrected chi connectivity index (χ2v) is 6.25. The maximum atomic E-state index is 12.9. The van der Waals surface area contributed by atoms with Crippen molar-refractivity contribution in [1.29, 1.82) is 0 Å². The largest absolute Gasteiger partial charge is 0.434 e. The number of halogens is 3. The minimum atomic E-state index is -4.66. The Morgan fingerprint density at radius 3 is 2.92 bits per heavy atom. The fraction of sp³-hybridized carbons (Fsp3) is 0.625. The molecule has 0 aliphatic carbocycles. The zero-order valence-corrected chi connectivity index (χ0v) is 13.8. The van der Waals surface area contributed by atoms with E-state index in [4.69, 9.17) is 4.74 Å². The maximum absolute atomic E-state index is 12.9. The molecule has 5 nitrogen and oxygen atoms in total. The van der Waals surface area contributed by atoms with E-state index in [1.54, 1.807) is 0 Å². The van der Waals surface area contributed by atoms with Crippen molar-refractivity contribution in [1.82, 2.24) is 15.2 Å². The summed E-state index contributed by atoms with van der Waals surface area (Å²) in [5.74, 6) is -0.275. The number of amides is 1. The number of hydrogen-bond acceptors (Lipinski definition) is 4. The molecule has 1 amide bonds. The molecule has 1 fully saturated rings. The fourth-order valence-corrected chi connectivity index (χ4v) is 2.70. The van der Waals surface area contributed by atoms with Crippen molar-refractivity contribution in [3.05, 3.63) is 29.6 Å². The molecular formula is C16H22F3N3O2. The number of nitrogens with one attached hydrogen (secondary N) is 1. The minimum absolute atomic E-state index is 0.166. The highest BCUT2D eigenvalue weighted by Gasteiger charge is 2.37. The van der Waals surface area contributed by atoms with Crippen molar-refractivity contribution in [2.45, 2.75) is 26.1 Å². The van der Waals surface area contributed by atoms with Crippen molar-refractivity contribution < 1.29 is 22.7 Å². The Kier molecular flexibility index (Phi) is 6.17. The smallest absolute Gasteiger partial charge is 0.374 e. The molecule has 0 bridgehead atoms. The van der Waals surface area contributed by atoms with Crippen LogP contribution < -0.4 is 5.32 Å². The van der Waals surface area contributed by atoms with E-state index in [1.807, 2.05) is 0 Å². The third kappa shape index (κ3) is 5.17. The van der Waals surface area contributed by atoms with Crippen LogP contribution in [-0.2, 0) is 10.9 Å².